The van der Waals surface area contributed by atoms with Crippen LogP contribution >= 0.6 is 0 Å². The molecule has 0 unspecified atom stereocenters. The lowest BCUT2D eigenvalue weighted by atomic mass is 9.99. The molecule has 0 spiro atoms. The van der Waals surface area contributed by atoms with E-state index in [0.717, 1.165) is 35.7 Å². The molecule has 0 fully saturated rings. The normalized spacial score (nSPS) is 12.7. The number of ether oxygens (including phenoxy) is 3. The van der Waals surface area contributed by atoms with E-state index >= 15 is 0 Å². The maximum absolute atomic E-state index is 14.7. The van der Waals surface area contributed by atoms with Crippen molar-refractivity contribution < 1.29 is 27.8 Å². The van der Waals surface area contributed by atoms with E-state index in [1.54, 1.807) is 48.2 Å². The van der Waals surface area contributed by atoms with Crippen LogP contribution in [-0.4, -0.2) is 39.3 Å². The molecule has 6 rings (SSSR count). The Balaban J connectivity index is 1.27. The zero-order valence-electron chi connectivity index (χ0n) is 22.9. The number of hydrogen-bond acceptors (Lipinski definition) is 7. The molecule has 11 heteroatoms. The molecule has 0 amide bonds. The van der Waals surface area contributed by atoms with Crippen molar-refractivity contribution in [1.29, 1.82) is 0 Å². The van der Waals surface area contributed by atoms with Crippen LogP contribution in [0.5, 0.6) is 23.1 Å². The topological polar surface area (TPSA) is 97.5 Å². The summed E-state index contributed by atoms with van der Waals surface area (Å²) in [6, 6.07) is 13.3. The SMILES string of the molecule is COc1cc2ncnc(Oc3ccc(CC(=O)c4c5n(n(-c6cc(F)ccc6F)c4=O)CCCC5)cc3)c2cc1OC. The smallest absolute Gasteiger partial charge is 0.282 e. The highest BCUT2D eigenvalue weighted by Gasteiger charge is 2.28. The number of aromatic nitrogens is 4. The summed E-state index contributed by atoms with van der Waals surface area (Å²) in [6.07, 6.45) is 3.38. The molecule has 214 valence electrons. The highest BCUT2D eigenvalue weighted by molar-refractivity contribution is 5.98. The zero-order chi connectivity index (χ0) is 29.4. The van der Waals surface area contributed by atoms with Gasteiger partial charge in [-0.1, -0.05) is 12.1 Å². The van der Waals surface area contributed by atoms with Gasteiger partial charge in [0.1, 0.15) is 35.0 Å². The van der Waals surface area contributed by atoms with Gasteiger partial charge in [-0.05, 0) is 55.2 Å². The molecule has 3 heterocycles. The van der Waals surface area contributed by atoms with E-state index in [1.165, 1.54) is 13.4 Å². The van der Waals surface area contributed by atoms with Crippen LogP contribution in [0.15, 0.2) is 65.7 Å². The standard InChI is InChI=1S/C31H26F2N4O5/c1-40-27-15-21-23(16-28(27)41-2)34-17-35-30(21)42-20-9-6-18(7-10-20)13-26(38)29-24-5-3-4-12-36(24)37(31(29)39)25-14-19(32)8-11-22(25)33/h6-11,14-17H,3-5,12-13H2,1-2H3. The highest BCUT2D eigenvalue weighted by atomic mass is 19.1. The average Bonchev–Trinajstić information content (AvgIpc) is 3.30. The third-order valence-corrected chi connectivity index (χ3v) is 7.30. The molecule has 42 heavy (non-hydrogen) atoms. The molecule has 0 radical (unpaired) electrons. The van der Waals surface area contributed by atoms with Crippen molar-refractivity contribution in [2.45, 2.75) is 32.2 Å². The Hall–Kier alpha value is -5.06. The Bertz CT molecular complexity index is 1880. The van der Waals surface area contributed by atoms with Crippen LogP contribution in [0.3, 0.4) is 0 Å². The van der Waals surface area contributed by atoms with Gasteiger partial charge in [0.2, 0.25) is 5.88 Å². The highest BCUT2D eigenvalue weighted by Crippen LogP contribution is 2.36. The number of carbonyl (C=O) groups is 1. The van der Waals surface area contributed by atoms with Gasteiger partial charge in [0.25, 0.3) is 5.56 Å². The number of methoxy groups -OCH3 is 2. The Kier molecular flexibility index (Phi) is 7.15. The van der Waals surface area contributed by atoms with Crippen molar-refractivity contribution in [3.8, 4) is 28.8 Å². The molecule has 1 aliphatic heterocycles. The molecule has 5 aromatic rings. The molecule has 0 saturated carbocycles. The molecule has 0 saturated heterocycles. The molecule has 0 bridgehead atoms. The van der Waals surface area contributed by atoms with Gasteiger partial charge in [-0.25, -0.2) is 23.4 Å². The van der Waals surface area contributed by atoms with Gasteiger partial charge in [0, 0.05) is 25.1 Å². The minimum Gasteiger partial charge on any atom is -0.493 e. The van der Waals surface area contributed by atoms with E-state index in [2.05, 4.69) is 9.97 Å². The summed E-state index contributed by atoms with van der Waals surface area (Å²) in [7, 11) is 3.08. The van der Waals surface area contributed by atoms with Crippen molar-refractivity contribution in [3.63, 3.8) is 0 Å². The largest absolute Gasteiger partial charge is 0.493 e. The van der Waals surface area contributed by atoms with Gasteiger partial charge >= 0.3 is 0 Å². The van der Waals surface area contributed by atoms with Crippen LogP contribution in [0.1, 0.15) is 34.5 Å². The molecule has 1 aliphatic rings. The summed E-state index contributed by atoms with van der Waals surface area (Å²) in [6.45, 7) is 0.427. The van der Waals surface area contributed by atoms with Crippen LogP contribution in [0.2, 0.25) is 0 Å². The van der Waals surface area contributed by atoms with Gasteiger partial charge in [-0.15, -0.1) is 0 Å². The second-order valence-electron chi connectivity index (χ2n) is 9.86. The first-order chi connectivity index (χ1) is 20.4. The number of ketones is 1. The summed E-state index contributed by atoms with van der Waals surface area (Å²) < 4.78 is 48.1. The monoisotopic (exact) mass is 572 g/mol. The Morgan fingerprint density at radius 2 is 1.71 bits per heavy atom. The molecule has 9 nitrogen and oxygen atoms in total. The maximum Gasteiger partial charge on any atom is 0.282 e. The average molecular weight is 573 g/mol. The summed E-state index contributed by atoms with van der Waals surface area (Å²) >= 11 is 0. The van der Waals surface area contributed by atoms with Gasteiger partial charge < -0.3 is 14.2 Å². The molecule has 0 aliphatic carbocycles. The van der Waals surface area contributed by atoms with Crippen LogP contribution in [0, 0.1) is 11.6 Å². The van der Waals surface area contributed by atoms with Crippen molar-refractivity contribution in [3.05, 3.63) is 99.7 Å². The van der Waals surface area contributed by atoms with Gasteiger partial charge in [-0.3, -0.25) is 14.3 Å². The summed E-state index contributed by atoms with van der Waals surface area (Å²) in [4.78, 5) is 35.5. The van der Waals surface area contributed by atoms with E-state index in [0.29, 0.717) is 58.3 Å². The van der Waals surface area contributed by atoms with Crippen molar-refractivity contribution in [2.75, 3.05) is 14.2 Å². The van der Waals surface area contributed by atoms with Crippen molar-refractivity contribution >= 4 is 16.7 Å². The third kappa shape index (κ3) is 4.87. The third-order valence-electron chi connectivity index (χ3n) is 7.30. The van der Waals surface area contributed by atoms with Crippen LogP contribution < -0.4 is 19.8 Å². The van der Waals surface area contributed by atoms with E-state index < -0.39 is 23.0 Å². The van der Waals surface area contributed by atoms with Crippen molar-refractivity contribution in [1.82, 2.24) is 19.3 Å². The van der Waals surface area contributed by atoms with E-state index in [1.807, 2.05) is 0 Å². The fourth-order valence-corrected chi connectivity index (χ4v) is 5.30. The first-order valence-corrected chi connectivity index (χ1v) is 13.3. The van der Waals surface area contributed by atoms with E-state index in [-0.39, 0.29) is 17.7 Å². The van der Waals surface area contributed by atoms with Gasteiger partial charge in [0.05, 0.1) is 30.8 Å². The van der Waals surface area contributed by atoms with Gasteiger partial charge in [0.15, 0.2) is 17.3 Å². The number of carbonyl (C=O) groups excluding carboxylic acids is 1. The molecular formula is C31H26F2N4O5. The summed E-state index contributed by atoms with van der Waals surface area (Å²) in [5.74, 6) is 0.0208. The fourth-order valence-electron chi connectivity index (χ4n) is 5.30. The Labute approximate surface area is 238 Å². The number of hydrogen-bond donors (Lipinski definition) is 0. The molecular weight excluding hydrogens is 546 g/mol. The number of halogens is 2. The number of nitrogens with zero attached hydrogens (tertiary/aromatic N) is 4. The number of Topliss-reactive ketones (excluding diaryl/α,β-unsaturated/α-hetero) is 1. The van der Waals surface area contributed by atoms with Crippen LogP contribution in [-0.2, 0) is 19.4 Å². The zero-order valence-corrected chi connectivity index (χ0v) is 22.9. The molecule has 3 aromatic carbocycles. The second-order valence-corrected chi connectivity index (χ2v) is 9.86. The molecule has 2 aromatic heterocycles. The lowest BCUT2D eigenvalue weighted by Crippen LogP contribution is -2.25. The van der Waals surface area contributed by atoms with E-state index in [9.17, 15) is 18.4 Å². The maximum atomic E-state index is 14.7. The number of rotatable bonds is 8. The van der Waals surface area contributed by atoms with Crippen LogP contribution in [0.4, 0.5) is 8.78 Å². The first-order valence-electron chi connectivity index (χ1n) is 13.3. The van der Waals surface area contributed by atoms with Crippen LogP contribution in [0.25, 0.3) is 16.6 Å². The van der Waals surface area contributed by atoms with E-state index in [4.69, 9.17) is 14.2 Å². The lowest BCUT2D eigenvalue weighted by molar-refractivity contribution is 0.0990. The quantitative estimate of drug-likeness (QED) is 0.229. The minimum absolute atomic E-state index is 0.00974. The first kappa shape index (κ1) is 27.1. The number of fused-ring (bicyclic) bond motifs is 2. The summed E-state index contributed by atoms with van der Waals surface area (Å²) in [5.41, 5.74) is 0.962. The fraction of sp³-hybridized carbons (Fsp3) is 0.226. The Morgan fingerprint density at radius 1 is 0.952 bits per heavy atom. The Morgan fingerprint density at radius 3 is 2.48 bits per heavy atom. The molecule has 0 N–H and O–H groups in total. The van der Waals surface area contributed by atoms with Gasteiger partial charge in [-0.2, -0.15) is 0 Å². The van der Waals surface area contributed by atoms with Crippen molar-refractivity contribution in [2.24, 2.45) is 0 Å². The summed E-state index contributed by atoms with van der Waals surface area (Å²) in [5, 5.41) is 0.624. The predicted molar refractivity (Wildman–Crippen MR) is 150 cm³/mol. The predicted octanol–water partition coefficient (Wildman–Crippen LogP) is 5.43. The second kappa shape index (κ2) is 11.1. The lowest BCUT2D eigenvalue weighted by Gasteiger charge is -2.19. The molecule has 0 atom stereocenters. The minimum atomic E-state index is -0.743. The number of benzene rings is 3.